The van der Waals surface area contributed by atoms with E-state index in [4.69, 9.17) is 10.5 Å². The van der Waals surface area contributed by atoms with E-state index in [-0.39, 0.29) is 22.8 Å². The number of amides is 1. The predicted octanol–water partition coefficient (Wildman–Crippen LogP) is 1.83. The third-order valence-corrected chi connectivity index (χ3v) is 6.07. The van der Waals surface area contributed by atoms with E-state index in [0.717, 1.165) is 0 Å². The van der Waals surface area contributed by atoms with Gasteiger partial charge in [-0.05, 0) is 42.5 Å². The van der Waals surface area contributed by atoms with Crippen LogP contribution in [0.5, 0.6) is 5.75 Å². The van der Waals surface area contributed by atoms with Crippen LogP contribution in [0.2, 0.25) is 0 Å². The van der Waals surface area contributed by atoms with Crippen molar-refractivity contribution in [1.29, 1.82) is 0 Å². The molecule has 0 saturated carbocycles. The zero-order chi connectivity index (χ0) is 20.8. The number of likely N-dealkylation sites (N-methyl/N-ethyl adjacent to an activating group) is 1. The monoisotopic (exact) mass is 399 g/mol. The van der Waals surface area contributed by atoms with Crippen LogP contribution in [0.3, 0.4) is 0 Å². The van der Waals surface area contributed by atoms with Crippen molar-refractivity contribution in [2.75, 3.05) is 20.7 Å². The Kier molecular flexibility index (Phi) is 8.71. The zero-order valence-corrected chi connectivity index (χ0v) is 17.9. The Balaban J connectivity index is 2.88. The summed E-state index contributed by atoms with van der Waals surface area (Å²) in [6, 6.07) is 5.19. The van der Waals surface area contributed by atoms with Gasteiger partial charge in [-0.3, -0.25) is 4.79 Å². The Bertz CT molecular complexity index is 702. The molecule has 8 heteroatoms. The molecule has 1 aromatic rings. The molecule has 1 amide bonds. The maximum Gasteiger partial charge on any atom is 0.241 e. The van der Waals surface area contributed by atoms with Gasteiger partial charge in [-0.25, -0.2) is 8.42 Å². The first-order chi connectivity index (χ1) is 12.5. The van der Waals surface area contributed by atoms with Crippen LogP contribution in [0.15, 0.2) is 29.2 Å². The van der Waals surface area contributed by atoms with Gasteiger partial charge < -0.3 is 15.4 Å². The standard InChI is InChI=1S/C19H33N3O4S/c1-13(2)17(20)11-12-22(5)19(23)18(14(3)4)21-27(24,25)16-9-7-15(26-6)8-10-16/h7-10,13-14,17-18,21H,11-12,20H2,1-6H3. The molecule has 0 aromatic heterocycles. The van der Waals surface area contributed by atoms with Crippen molar-refractivity contribution in [2.24, 2.45) is 17.6 Å². The van der Waals surface area contributed by atoms with E-state index in [1.807, 2.05) is 27.7 Å². The molecule has 0 spiro atoms. The van der Waals surface area contributed by atoms with Gasteiger partial charge in [0.15, 0.2) is 0 Å². The molecule has 7 nitrogen and oxygen atoms in total. The van der Waals surface area contributed by atoms with Gasteiger partial charge in [0, 0.05) is 19.6 Å². The van der Waals surface area contributed by atoms with E-state index in [2.05, 4.69) is 4.72 Å². The highest BCUT2D eigenvalue weighted by molar-refractivity contribution is 7.89. The van der Waals surface area contributed by atoms with E-state index in [1.165, 1.54) is 19.2 Å². The second-order valence-corrected chi connectivity index (χ2v) is 9.19. The number of carbonyl (C=O) groups excluding carboxylic acids is 1. The molecule has 2 unspecified atom stereocenters. The number of methoxy groups -OCH3 is 1. The molecule has 27 heavy (non-hydrogen) atoms. The van der Waals surface area contributed by atoms with E-state index < -0.39 is 16.1 Å². The largest absolute Gasteiger partial charge is 0.497 e. The Labute approximate surface area is 163 Å². The number of nitrogens with zero attached hydrogens (tertiary/aromatic N) is 1. The van der Waals surface area contributed by atoms with Gasteiger partial charge in [-0.2, -0.15) is 4.72 Å². The maximum atomic E-state index is 12.8. The molecule has 1 aromatic carbocycles. The number of rotatable bonds is 10. The number of carbonyl (C=O) groups is 1. The number of nitrogens with one attached hydrogen (secondary N) is 1. The molecule has 0 bridgehead atoms. The third-order valence-electron chi connectivity index (χ3n) is 4.61. The van der Waals surface area contributed by atoms with Crippen LogP contribution in [0.25, 0.3) is 0 Å². The minimum atomic E-state index is -3.83. The Morgan fingerprint density at radius 1 is 1.15 bits per heavy atom. The lowest BCUT2D eigenvalue weighted by molar-refractivity contribution is -0.132. The Morgan fingerprint density at radius 2 is 1.70 bits per heavy atom. The fourth-order valence-corrected chi connectivity index (χ4v) is 3.82. The first-order valence-electron chi connectivity index (χ1n) is 9.16. The first kappa shape index (κ1) is 23.4. The lowest BCUT2D eigenvalue weighted by Crippen LogP contribution is -2.50. The predicted molar refractivity (Wildman–Crippen MR) is 107 cm³/mol. The summed E-state index contributed by atoms with van der Waals surface area (Å²) in [5, 5.41) is 0. The summed E-state index contributed by atoms with van der Waals surface area (Å²) >= 11 is 0. The quantitative estimate of drug-likeness (QED) is 0.625. The van der Waals surface area contributed by atoms with Crippen LogP contribution < -0.4 is 15.2 Å². The molecule has 1 rings (SSSR count). The zero-order valence-electron chi connectivity index (χ0n) is 17.1. The molecule has 0 aliphatic heterocycles. The van der Waals surface area contributed by atoms with Crippen molar-refractivity contribution < 1.29 is 17.9 Å². The summed E-state index contributed by atoms with van der Waals surface area (Å²) < 4.78 is 33.0. The summed E-state index contributed by atoms with van der Waals surface area (Å²) in [4.78, 5) is 14.4. The van der Waals surface area contributed by atoms with E-state index in [0.29, 0.717) is 24.6 Å². The second kappa shape index (κ2) is 10.1. The lowest BCUT2D eigenvalue weighted by atomic mass is 10.0. The Hall–Kier alpha value is -1.64. The number of sulfonamides is 1. The normalized spacial score (nSPS) is 14.3. The van der Waals surface area contributed by atoms with Gasteiger partial charge in [0.05, 0.1) is 12.0 Å². The van der Waals surface area contributed by atoms with Crippen molar-refractivity contribution in [3.8, 4) is 5.75 Å². The molecular weight excluding hydrogens is 366 g/mol. The molecule has 0 saturated heterocycles. The summed E-state index contributed by atoms with van der Waals surface area (Å²) in [6.07, 6.45) is 0.663. The highest BCUT2D eigenvalue weighted by Crippen LogP contribution is 2.17. The number of benzene rings is 1. The smallest absolute Gasteiger partial charge is 0.241 e. The summed E-state index contributed by atoms with van der Waals surface area (Å²) in [5.74, 6) is 0.416. The molecule has 3 N–H and O–H groups in total. The minimum absolute atomic E-state index is 0.00580. The van der Waals surface area contributed by atoms with Crippen molar-refractivity contribution in [1.82, 2.24) is 9.62 Å². The Morgan fingerprint density at radius 3 is 2.15 bits per heavy atom. The van der Waals surface area contributed by atoms with Crippen LogP contribution in [0.1, 0.15) is 34.1 Å². The van der Waals surface area contributed by atoms with Crippen LogP contribution in [-0.4, -0.2) is 52.0 Å². The topological polar surface area (TPSA) is 102 Å². The number of nitrogens with two attached hydrogens (primary N) is 1. The van der Waals surface area contributed by atoms with Crippen molar-refractivity contribution in [3.63, 3.8) is 0 Å². The van der Waals surface area contributed by atoms with Crippen LogP contribution in [0, 0.1) is 11.8 Å². The van der Waals surface area contributed by atoms with Crippen LogP contribution in [0.4, 0.5) is 0 Å². The molecule has 2 atom stereocenters. The van der Waals surface area contributed by atoms with Gasteiger partial charge >= 0.3 is 0 Å². The van der Waals surface area contributed by atoms with E-state index in [1.54, 1.807) is 24.1 Å². The molecule has 0 aliphatic rings. The molecule has 0 fully saturated rings. The van der Waals surface area contributed by atoms with Crippen molar-refractivity contribution in [3.05, 3.63) is 24.3 Å². The minimum Gasteiger partial charge on any atom is -0.497 e. The van der Waals surface area contributed by atoms with Gasteiger partial charge in [0.2, 0.25) is 15.9 Å². The van der Waals surface area contributed by atoms with Gasteiger partial charge in [-0.1, -0.05) is 27.7 Å². The maximum absolute atomic E-state index is 12.8. The number of ether oxygens (including phenoxy) is 1. The fourth-order valence-electron chi connectivity index (χ4n) is 2.49. The lowest BCUT2D eigenvalue weighted by Gasteiger charge is -2.28. The molecule has 154 valence electrons. The molecule has 0 aliphatic carbocycles. The second-order valence-electron chi connectivity index (χ2n) is 7.47. The highest BCUT2D eigenvalue weighted by atomic mass is 32.2. The summed E-state index contributed by atoms with van der Waals surface area (Å²) in [6.45, 7) is 8.17. The number of hydrogen-bond donors (Lipinski definition) is 2. The van der Waals surface area contributed by atoms with E-state index >= 15 is 0 Å². The summed E-state index contributed by atoms with van der Waals surface area (Å²) in [7, 11) is -0.647. The van der Waals surface area contributed by atoms with E-state index in [9.17, 15) is 13.2 Å². The molecule has 0 heterocycles. The SMILES string of the molecule is COc1ccc(S(=O)(=O)NC(C(=O)N(C)CCC(N)C(C)C)C(C)C)cc1. The third kappa shape index (κ3) is 6.79. The number of hydrogen-bond acceptors (Lipinski definition) is 5. The summed E-state index contributed by atoms with van der Waals surface area (Å²) in [5.41, 5.74) is 6.04. The van der Waals surface area contributed by atoms with Crippen molar-refractivity contribution in [2.45, 2.75) is 51.1 Å². The van der Waals surface area contributed by atoms with Gasteiger partial charge in [-0.15, -0.1) is 0 Å². The average Bonchev–Trinajstić information content (AvgIpc) is 2.62. The molecule has 0 radical (unpaired) electrons. The molecular formula is C19H33N3O4S. The fraction of sp³-hybridized carbons (Fsp3) is 0.632. The van der Waals surface area contributed by atoms with Gasteiger partial charge in [0.1, 0.15) is 11.8 Å². The van der Waals surface area contributed by atoms with Crippen LogP contribution >= 0.6 is 0 Å². The van der Waals surface area contributed by atoms with Crippen LogP contribution in [-0.2, 0) is 14.8 Å². The van der Waals surface area contributed by atoms with Gasteiger partial charge in [0.25, 0.3) is 0 Å². The highest BCUT2D eigenvalue weighted by Gasteiger charge is 2.30. The average molecular weight is 400 g/mol. The van der Waals surface area contributed by atoms with Crippen molar-refractivity contribution >= 4 is 15.9 Å². The first-order valence-corrected chi connectivity index (χ1v) is 10.6.